The van der Waals surface area contributed by atoms with E-state index in [1.165, 1.54) is 6.07 Å². The van der Waals surface area contributed by atoms with Crippen LogP contribution in [0.25, 0.3) is 11.0 Å². The van der Waals surface area contributed by atoms with Crippen molar-refractivity contribution in [2.24, 2.45) is 0 Å². The summed E-state index contributed by atoms with van der Waals surface area (Å²) >= 11 is 0. The van der Waals surface area contributed by atoms with E-state index in [2.05, 4.69) is 0 Å². The van der Waals surface area contributed by atoms with Gasteiger partial charge in [0.05, 0.1) is 0 Å². The van der Waals surface area contributed by atoms with E-state index in [-0.39, 0.29) is 12.4 Å². The van der Waals surface area contributed by atoms with Crippen molar-refractivity contribution >= 4 is 11.0 Å². The van der Waals surface area contributed by atoms with Crippen LogP contribution in [0.15, 0.2) is 55.0 Å². The zero-order chi connectivity index (χ0) is 15.7. The standard InChI is InChI=1S/C16H12O6/c1-9-4-16(19)22-15-6-10(2-3-12(9)15)20-7-11-5-13(17)14(18)8-21-11/h2-6,8,18H,7H2,1H3. The molecule has 3 rings (SSSR count). The molecule has 3 aromatic rings. The van der Waals surface area contributed by atoms with Gasteiger partial charge < -0.3 is 18.7 Å². The number of hydrogen-bond donors (Lipinski definition) is 1. The lowest BCUT2D eigenvalue weighted by Gasteiger charge is -2.07. The molecule has 0 spiro atoms. The molecule has 1 aromatic carbocycles. The number of benzene rings is 1. The largest absolute Gasteiger partial charge is 0.502 e. The van der Waals surface area contributed by atoms with Gasteiger partial charge in [-0.2, -0.15) is 0 Å². The molecule has 2 aromatic heterocycles. The van der Waals surface area contributed by atoms with Crippen LogP contribution in [0.5, 0.6) is 11.5 Å². The van der Waals surface area contributed by atoms with Crippen LogP contribution in [-0.4, -0.2) is 5.11 Å². The molecule has 0 amide bonds. The van der Waals surface area contributed by atoms with Gasteiger partial charge >= 0.3 is 5.63 Å². The third-order valence-corrected chi connectivity index (χ3v) is 3.17. The average molecular weight is 300 g/mol. The molecule has 0 aliphatic carbocycles. The summed E-state index contributed by atoms with van der Waals surface area (Å²) < 4.78 is 15.7. The molecule has 0 saturated carbocycles. The fourth-order valence-electron chi connectivity index (χ4n) is 2.07. The van der Waals surface area contributed by atoms with E-state index < -0.39 is 16.8 Å². The monoisotopic (exact) mass is 300 g/mol. The van der Waals surface area contributed by atoms with Crippen molar-refractivity contribution in [2.75, 3.05) is 0 Å². The van der Waals surface area contributed by atoms with E-state index in [1.807, 2.05) is 6.92 Å². The minimum absolute atomic E-state index is 0.0110. The van der Waals surface area contributed by atoms with Crippen molar-refractivity contribution < 1.29 is 18.7 Å². The fourth-order valence-corrected chi connectivity index (χ4v) is 2.07. The first-order valence-electron chi connectivity index (χ1n) is 6.51. The lowest BCUT2D eigenvalue weighted by atomic mass is 10.1. The molecule has 0 aliphatic rings. The van der Waals surface area contributed by atoms with E-state index >= 15 is 0 Å². The van der Waals surface area contributed by atoms with Crippen LogP contribution >= 0.6 is 0 Å². The highest BCUT2D eigenvalue weighted by atomic mass is 16.5. The van der Waals surface area contributed by atoms with Crippen LogP contribution < -0.4 is 15.8 Å². The predicted octanol–water partition coefficient (Wildman–Crippen LogP) is 2.34. The Morgan fingerprint density at radius 1 is 1.18 bits per heavy atom. The van der Waals surface area contributed by atoms with Crippen molar-refractivity contribution in [3.63, 3.8) is 0 Å². The van der Waals surface area contributed by atoms with Crippen molar-refractivity contribution in [1.82, 2.24) is 0 Å². The first-order valence-corrected chi connectivity index (χ1v) is 6.51. The molecular formula is C16H12O6. The molecule has 0 radical (unpaired) electrons. The Bertz CT molecular complexity index is 951. The second-order valence-corrected chi connectivity index (χ2v) is 4.79. The Morgan fingerprint density at radius 3 is 2.77 bits per heavy atom. The van der Waals surface area contributed by atoms with Crippen LogP contribution in [-0.2, 0) is 6.61 Å². The van der Waals surface area contributed by atoms with Gasteiger partial charge in [-0.1, -0.05) is 0 Å². The summed E-state index contributed by atoms with van der Waals surface area (Å²) in [7, 11) is 0. The van der Waals surface area contributed by atoms with E-state index in [0.717, 1.165) is 23.3 Å². The Morgan fingerprint density at radius 2 is 2.00 bits per heavy atom. The molecule has 0 saturated heterocycles. The maximum Gasteiger partial charge on any atom is 0.336 e. The van der Waals surface area contributed by atoms with Crippen LogP contribution in [0.2, 0.25) is 0 Å². The minimum atomic E-state index is -0.537. The Balaban J connectivity index is 1.86. The van der Waals surface area contributed by atoms with Crippen LogP contribution in [0.1, 0.15) is 11.3 Å². The predicted molar refractivity (Wildman–Crippen MR) is 78.2 cm³/mol. The number of ether oxygens (including phenoxy) is 1. The topological polar surface area (TPSA) is 89.9 Å². The summed E-state index contributed by atoms with van der Waals surface area (Å²) in [5.41, 5.74) is 0.286. The molecule has 6 heteroatoms. The molecule has 0 unspecified atom stereocenters. The number of rotatable bonds is 3. The Kier molecular flexibility index (Phi) is 3.42. The van der Waals surface area contributed by atoms with Crippen molar-refractivity contribution in [1.29, 1.82) is 0 Å². The van der Waals surface area contributed by atoms with Gasteiger partial charge in [-0.3, -0.25) is 4.79 Å². The molecule has 112 valence electrons. The third-order valence-electron chi connectivity index (χ3n) is 3.17. The van der Waals surface area contributed by atoms with Crippen LogP contribution in [0.3, 0.4) is 0 Å². The van der Waals surface area contributed by atoms with E-state index in [9.17, 15) is 9.59 Å². The van der Waals surface area contributed by atoms with Gasteiger partial charge in [0.2, 0.25) is 5.43 Å². The number of aromatic hydroxyl groups is 1. The molecule has 0 atom stereocenters. The Hall–Kier alpha value is -3.02. The minimum Gasteiger partial charge on any atom is -0.502 e. The van der Waals surface area contributed by atoms with Crippen LogP contribution in [0.4, 0.5) is 0 Å². The molecule has 6 nitrogen and oxygen atoms in total. The number of hydrogen-bond acceptors (Lipinski definition) is 6. The summed E-state index contributed by atoms with van der Waals surface area (Å²) in [6.45, 7) is 1.84. The molecular weight excluding hydrogens is 288 g/mol. The summed E-state index contributed by atoms with van der Waals surface area (Å²) in [5.74, 6) is 0.289. The Labute approximate surface area is 124 Å². The molecule has 0 fully saturated rings. The van der Waals surface area contributed by atoms with Gasteiger partial charge in [0.1, 0.15) is 30.0 Å². The summed E-state index contributed by atoms with van der Waals surface area (Å²) in [4.78, 5) is 22.7. The summed E-state index contributed by atoms with van der Waals surface area (Å²) in [6.07, 6.45) is 0.962. The lowest BCUT2D eigenvalue weighted by Crippen LogP contribution is -2.03. The smallest absolute Gasteiger partial charge is 0.336 e. The maximum absolute atomic E-state index is 11.4. The SMILES string of the molecule is Cc1cc(=O)oc2cc(OCc3cc(=O)c(O)co3)ccc12. The second-order valence-electron chi connectivity index (χ2n) is 4.79. The first-order chi connectivity index (χ1) is 10.5. The van der Waals surface area contributed by atoms with Crippen molar-refractivity contribution in [2.45, 2.75) is 13.5 Å². The summed E-state index contributed by atoms with van der Waals surface area (Å²) in [6, 6.07) is 7.70. The lowest BCUT2D eigenvalue weighted by molar-refractivity contribution is 0.263. The quantitative estimate of drug-likeness (QED) is 0.747. The second kappa shape index (κ2) is 5.40. The highest BCUT2D eigenvalue weighted by Crippen LogP contribution is 2.22. The first kappa shape index (κ1) is 13.9. The van der Waals surface area contributed by atoms with Gasteiger partial charge in [-0.15, -0.1) is 0 Å². The van der Waals surface area contributed by atoms with Gasteiger partial charge in [0, 0.05) is 23.6 Å². The summed E-state index contributed by atoms with van der Waals surface area (Å²) in [5, 5.41) is 9.93. The zero-order valence-corrected chi connectivity index (χ0v) is 11.7. The fraction of sp³-hybridized carbons (Fsp3) is 0.125. The van der Waals surface area contributed by atoms with E-state index in [1.54, 1.807) is 18.2 Å². The zero-order valence-electron chi connectivity index (χ0n) is 11.7. The number of fused-ring (bicyclic) bond motifs is 1. The maximum atomic E-state index is 11.4. The highest BCUT2D eigenvalue weighted by molar-refractivity contribution is 5.81. The molecule has 22 heavy (non-hydrogen) atoms. The molecule has 0 aliphatic heterocycles. The average Bonchev–Trinajstić information content (AvgIpc) is 2.48. The molecule has 0 bridgehead atoms. The van der Waals surface area contributed by atoms with Gasteiger partial charge in [0.15, 0.2) is 5.75 Å². The normalized spacial score (nSPS) is 10.8. The van der Waals surface area contributed by atoms with Crippen LogP contribution in [0, 0.1) is 6.92 Å². The molecule has 2 heterocycles. The van der Waals surface area contributed by atoms with Gasteiger partial charge in [-0.25, -0.2) is 4.79 Å². The van der Waals surface area contributed by atoms with Crippen molar-refractivity contribution in [3.8, 4) is 11.5 Å². The molecule has 1 N–H and O–H groups in total. The van der Waals surface area contributed by atoms with Gasteiger partial charge in [0.25, 0.3) is 0 Å². The number of aryl methyl sites for hydroxylation is 1. The highest BCUT2D eigenvalue weighted by Gasteiger charge is 2.06. The van der Waals surface area contributed by atoms with Crippen molar-refractivity contribution in [3.05, 3.63) is 68.6 Å². The van der Waals surface area contributed by atoms with Gasteiger partial charge in [-0.05, 0) is 24.6 Å². The van der Waals surface area contributed by atoms with E-state index in [0.29, 0.717) is 11.3 Å². The van der Waals surface area contributed by atoms with E-state index in [4.69, 9.17) is 18.7 Å². The third kappa shape index (κ3) is 2.71.